The highest BCUT2D eigenvalue weighted by Crippen LogP contribution is 2.28. The van der Waals surface area contributed by atoms with Crippen molar-refractivity contribution in [1.29, 1.82) is 0 Å². The number of nitrogens with one attached hydrogen (secondary N) is 8. The standard InChI is InChI=1S/C73H107N13O21/c1-9-40(5)60-68(101)80-51(38-87)65(98)76-47(10-2)64(97)82-61(41(6)88)69(102)78-49(27-24-43-17-12-11-13-18-43)71(104)85-31-14-19-52(85)66(99)79-50(35-46(36-57(92)56(91)33-39(3)4)107-73(106)55(83(8)42(7)89)34-44-22-25-45(90)26-23-44)62(95)70(103)77-48(28-29-58(74)93)63(96)75-37-59(94)84-30-16-21-54(84)72(105)86-32-15-20-53(86)67(100)81-60/h10-13,17-18,22-23,25-26,39-41,46,48-57,60-62,87-88,90-92,95H,9,14-16,19-21,24,27-38H2,1-8H3,(H2,74,93)(H,75,96)(H,76,98)(H,77,103)(H,78,102)(H,79,99)(H,80,101)(H,81,100)(H,82,97)/b47-10+/t40-,41+,46?,48+,49+,50?,51-,52-,53-,54-,55-,56?,57?,60+,61-,62?/m0/s1. The van der Waals surface area contributed by atoms with Crippen molar-refractivity contribution in [1.82, 2.24) is 62.1 Å². The van der Waals surface area contributed by atoms with Gasteiger partial charge in [-0.15, -0.1) is 0 Å². The van der Waals surface area contributed by atoms with Crippen LogP contribution in [-0.2, 0) is 84.7 Å². The molecule has 0 aliphatic carbocycles. The van der Waals surface area contributed by atoms with Crippen LogP contribution >= 0.6 is 0 Å². The van der Waals surface area contributed by atoms with Crippen molar-refractivity contribution >= 4 is 82.8 Å². The zero-order valence-corrected chi connectivity index (χ0v) is 61.9. The van der Waals surface area contributed by atoms with E-state index in [0.717, 1.165) is 22.8 Å². The summed E-state index contributed by atoms with van der Waals surface area (Å²) in [5.74, 6) is -14.6. The Balaban J connectivity index is 1.45. The second kappa shape index (κ2) is 40.9. The number of carbonyl (C=O) groups excluding carboxylic acids is 14. The van der Waals surface area contributed by atoms with Gasteiger partial charge in [-0.1, -0.05) is 82.7 Å². The summed E-state index contributed by atoms with van der Waals surface area (Å²) < 4.78 is 6.12. The molecule has 0 saturated carbocycles. The van der Waals surface area contributed by atoms with Gasteiger partial charge in [0, 0.05) is 59.3 Å². The smallest absolute Gasteiger partial charge is 0.329 e. The maximum absolute atomic E-state index is 15.3. The number of allylic oxidation sites excluding steroid dienone is 1. The molecule has 16 N–H and O–H groups in total. The number of fused-ring (bicyclic) bond motifs is 3. The Morgan fingerprint density at radius 2 is 1.22 bits per heavy atom. The van der Waals surface area contributed by atoms with Crippen LogP contribution in [0.1, 0.15) is 143 Å². The molecule has 0 radical (unpaired) electrons. The number of hydrogen-bond donors (Lipinski definition) is 15. The van der Waals surface area contributed by atoms with Crippen molar-refractivity contribution in [3.05, 3.63) is 77.5 Å². The summed E-state index contributed by atoms with van der Waals surface area (Å²) in [6.07, 6.45) is -9.60. The molecule has 2 aromatic carbocycles. The summed E-state index contributed by atoms with van der Waals surface area (Å²) in [6.45, 7) is 8.62. The van der Waals surface area contributed by atoms with Gasteiger partial charge >= 0.3 is 5.97 Å². The van der Waals surface area contributed by atoms with Crippen LogP contribution in [0.3, 0.4) is 0 Å². The van der Waals surface area contributed by atoms with Crippen molar-refractivity contribution in [2.75, 3.05) is 39.8 Å². The van der Waals surface area contributed by atoms with E-state index >= 15 is 9.59 Å². The lowest BCUT2D eigenvalue weighted by Gasteiger charge is -2.34. The largest absolute Gasteiger partial charge is 0.508 e. The molecule has 0 aromatic heterocycles. The maximum Gasteiger partial charge on any atom is 0.329 e. The molecule has 6 rings (SSSR count). The lowest BCUT2D eigenvalue weighted by molar-refractivity contribution is -0.162. The summed E-state index contributed by atoms with van der Waals surface area (Å²) in [5, 5.41) is 87.0. The predicted octanol–water partition coefficient (Wildman–Crippen LogP) is -3.05. The quantitative estimate of drug-likeness (QED) is 0.0411. The minimum absolute atomic E-state index is 0.0116. The molecule has 0 spiro atoms. The predicted molar refractivity (Wildman–Crippen MR) is 383 cm³/mol. The molecule has 4 aliphatic heterocycles. The Bertz CT molecular complexity index is 3510. The summed E-state index contributed by atoms with van der Waals surface area (Å²) in [5.41, 5.74) is 6.14. The zero-order chi connectivity index (χ0) is 79.1. The number of esters is 1. The third-order valence-corrected chi connectivity index (χ3v) is 19.9. The van der Waals surface area contributed by atoms with E-state index in [1.54, 1.807) is 58.0 Å². The van der Waals surface area contributed by atoms with Gasteiger partial charge in [0.2, 0.25) is 65.0 Å². The lowest BCUT2D eigenvalue weighted by atomic mass is 9.93. The Hall–Kier alpha value is -9.64. The maximum atomic E-state index is 15.3. The number of phenols is 1. The molecule has 590 valence electrons. The fourth-order valence-corrected chi connectivity index (χ4v) is 13.5. The van der Waals surface area contributed by atoms with Gasteiger partial charge in [-0.25, -0.2) is 4.79 Å². The minimum Gasteiger partial charge on any atom is -0.508 e. The van der Waals surface area contributed by atoms with Crippen molar-refractivity contribution < 1.29 is 102 Å². The van der Waals surface area contributed by atoms with Crippen molar-refractivity contribution in [2.45, 2.75) is 236 Å². The molecule has 107 heavy (non-hydrogen) atoms. The van der Waals surface area contributed by atoms with E-state index in [0.29, 0.717) is 30.4 Å². The van der Waals surface area contributed by atoms with Crippen LogP contribution in [0.25, 0.3) is 0 Å². The van der Waals surface area contributed by atoms with Gasteiger partial charge in [-0.3, -0.25) is 62.3 Å². The molecule has 5 unspecified atom stereocenters. The van der Waals surface area contributed by atoms with Gasteiger partial charge in [0.15, 0.2) is 6.10 Å². The summed E-state index contributed by atoms with van der Waals surface area (Å²) in [4.78, 5) is 204. The van der Waals surface area contributed by atoms with Gasteiger partial charge in [0.25, 0.3) is 11.8 Å². The number of nitrogens with two attached hydrogens (primary N) is 1. The van der Waals surface area contributed by atoms with Crippen LogP contribution in [0.15, 0.2) is 66.4 Å². The van der Waals surface area contributed by atoms with E-state index in [1.807, 2.05) is 0 Å². The lowest BCUT2D eigenvalue weighted by Crippen LogP contribution is -2.61. The first-order valence-electron chi connectivity index (χ1n) is 36.5. The van der Waals surface area contributed by atoms with Gasteiger partial charge < -0.3 is 103 Å². The number of aromatic hydroxyl groups is 1. The molecule has 34 nitrogen and oxygen atoms in total. The molecule has 16 atom stereocenters. The first kappa shape index (κ1) is 86.3. The number of ether oxygens (including phenoxy) is 1. The fraction of sp³-hybridized carbons (Fsp3) is 0.616. The molecular weight excluding hydrogens is 1390 g/mol. The number of rotatable bonds is 22. The molecule has 13 amide bonds. The third-order valence-electron chi connectivity index (χ3n) is 19.9. The van der Waals surface area contributed by atoms with Gasteiger partial charge in [-0.2, -0.15) is 0 Å². The monoisotopic (exact) mass is 1500 g/mol. The van der Waals surface area contributed by atoms with Gasteiger partial charge in [-0.05, 0) is 113 Å². The average Bonchev–Trinajstić information content (AvgIpc) is 1.68. The van der Waals surface area contributed by atoms with E-state index in [2.05, 4.69) is 42.5 Å². The Morgan fingerprint density at radius 1 is 0.654 bits per heavy atom. The Kier molecular flexibility index (Phi) is 33.0. The average molecular weight is 1500 g/mol. The van der Waals surface area contributed by atoms with Crippen LogP contribution in [0.5, 0.6) is 5.75 Å². The molecule has 4 aliphatic rings. The van der Waals surface area contributed by atoms with E-state index in [1.165, 1.54) is 55.0 Å². The Labute approximate surface area is 621 Å². The summed E-state index contributed by atoms with van der Waals surface area (Å²) in [6, 6.07) is -1.23. The zero-order valence-electron chi connectivity index (χ0n) is 61.9. The topological polar surface area (TPSA) is 505 Å². The first-order valence-corrected chi connectivity index (χ1v) is 36.5. The second-order valence-corrected chi connectivity index (χ2v) is 28.4. The number of carbonyl (C=O) groups is 14. The highest BCUT2D eigenvalue weighted by Gasteiger charge is 2.46. The van der Waals surface area contributed by atoms with E-state index in [9.17, 15) is 88.2 Å². The number of likely N-dealkylation sites (N-methyl/N-ethyl adjacent to an activating group) is 1. The van der Waals surface area contributed by atoms with Crippen LogP contribution in [0, 0.1) is 11.8 Å². The van der Waals surface area contributed by atoms with Gasteiger partial charge in [0.1, 0.15) is 71.9 Å². The Morgan fingerprint density at radius 3 is 1.80 bits per heavy atom. The molecule has 34 heteroatoms. The SMILES string of the molecule is C/C=C1/NC(=O)[C@H](CO)NC(=O)[C@@H]([C@@H](C)CC)NC(=O)[C@@H]2CCCN2C(=O)[C@@H]2CCCN2C(=O)CNC(=O)[C@@H](CCC(N)=O)NC(=O)C(O)C(CC(CC(O)C(O)CC(C)C)OC(=O)[C@H](Cc2ccc(O)cc2)N(C)C(C)=O)NC(=O)[C@@H]2CCCN2C(=O)[C@@H](CCc2ccccc2)NC(=O)[C@H]([C@@H](C)O)NC1=O. The molecule has 4 fully saturated rings. The normalized spacial score (nSPS) is 26.1. The molecule has 4 saturated heterocycles. The van der Waals surface area contributed by atoms with Crippen molar-refractivity contribution in [2.24, 2.45) is 17.6 Å². The number of amides is 13. The minimum atomic E-state index is -2.51. The molecule has 2 aromatic rings. The summed E-state index contributed by atoms with van der Waals surface area (Å²) >= 11 is 0. The molecule has 4 heterocycles. The highest BCUT2D eigenvalue weighted by molar-refractivity contribution is 6.03. The van der Waals surface area contributed by atoms with E-state index in [4.69, 9.17) is 10.5 Å². The van der Waals surface area contributed by atoms with Crippen LogP contribution < -0.4 is 48.3 Å². The number of benzene rings is 2. The van der Waals surface area contributed by atoms with Crippen LogP contribution in [0.4, 0.5) is 0 Å². The van der Waals surface area contributed by atoms with Crippen molar-refractivity contribution in [3.8, 4) is 5.75 Å². The number of aliphatic hydroxyl groups excluding tert-OH is 5. The number of primary amides is 1. The number of aliphatic hydroxyl groups is 5. The first-order chi connectivity index (χ1) is 50.7. The van der Waals surface area contributed by atoms with Crippen LogP contribution in [0.2, 0.25) is 0 Å². The number of phenolic OH excluding ortho intramolecular Hbond substituents is 1. The van der Waals surface area contributed by atoms with Crippen molar-refractivity contribution in [3.63, 3.8) is 0 Å². The van der Waals surface area contributed by atoms with E-state index in [-0.39, 0.29) is 82.7 Å². The second-order valence-electron chi connectivity index (χ2n) is 28.4. The summed E-state index contributed by atoms with van der Waals surface area (Å²) in [7, 11) is 1.31. The number of hydrogen-bond acceptors (Lipinski definition) is 21. The third kappa shape index (κ3) is 24.4. The van der Waals surface area contributed by atoms with E-state index < -0.39 is 224 Å². The fourth-order valence-electron chi connectivity index (χ4n) is 13.5. The number of nitrogens with zero attached hydrogens (tertiary/aromatic N) is 4. The molecule has 0 bridgehead atoms. The van der Waals surface area contributed by atoms with Crippen LogP contribution in [-0.4, -0.2) is 264 Å². The van der Waals surface area contributed by atoms with Gasteiger partial charge in [0.05, 0.1) is 37.5 Å². The number of aryl methyl sites for hydroxylation is 1. The molecular formula is C73H107N13O21. The highest BCUT2D eigenvalue weighted by atomic mass is 16.5.